The summed E-state index contributed by atoms with van der Waals surface area (Å²) in [5, 5.41) is 2.94. The monoisotopic (exact) mass is 440 g/mol. The summed E-state index contributed by atoms with van der Waals surface area (Å²) in [5.74, 6) is -0.101. The third-order valence-electron chi connectivity index (χ3n) is 3.69. The summed E-state index contributed by atoms with van der Waals surface area (Å²) in [6.07, 6.45) is 0.405. The highest BCUT2D eigenvalue weighted by Crippen LogP contribution is 2.36. The predicted octanol–water partition coefficient (Wildman–Crippen LogP) is 3.75. The number of halogens is 1. The molecule has 8 heteroatoms. The number of anilines is 1. The lowest BCUT2D eigenvalue weighted by atomic mass is 10.2. The first-order chi connectivity index (χ1) is 11.8. The molecule has 1 aliphatic heterocycles. The van der Waals surface area contributed by atoms with Crippen LogP contribution >= 0.6 is 27.7 Å². The summed E-state index contributed by atoms with van der Waals surface area (Å²) in [7, 11) is -3.67. The Morgan fingerprint density at radius 2 is 2.08 bits per heavy atom. The van der Waals surface area contributed by atoms with Crippen molar-refractivity contribution in [2.45, 2.75) is 34.9 Å². The summed E-state index contributed by atoms with van der Waals surface area (Å²) in [5.41, 5.74) is 1.40. The number of benzene rings is 2. The molecule has 25 heavy (non-hydrogen) atoms. The maximum absolute atomic E-state index is 12.6. The molecule has 0 aliphatic carbocycles. The van der Waals surface area contributed by atoms with Crippen molar-refractivity contribution in [2.75, 3.05) is 5.32 Å². The molecule has 1 unspecified atom stereocenters. The molecule has 5 nitrogen and oxygen atoms in total. The van der Waals surface area contributed by atoms with Crippen molar-refractivity contribution < 1.29 is 13.2 Å². The van der Waals surface area contributed by atoms with Gasteiger partial charge in [-0.15, -0.1) is 11.8 Å². The van der Waals surface area contributed by atoms with E-state index >= 15 is 0 Å². The third kappa shape index (κ3) is 4.63. The number of thioether (sulfide) groups is 1. The number of hydrogen-bond acceptors (Lipinski definition) is 4. The highest BCUT2D eigenvalue weighted by atomic mass is 79.9. The van der Waals surface area contributed by atoms with E-state index in [0.717, 1.165) is 14.9 Å². The molecular formula is C17H17BrN2O3S2. The molecule has 0 radical (unpaired) electrons. The van der Waals surface area contributed by atoms with Crippen LogP contribution in [0.15, 0.2) is 56.7 Å². The third-order valence-corrected chi connectivity index (χ3v) is 6.76. The van der Waals surface area contributed by atoms with E-state index in [1.165, 1.54) is 6.07 Å². The van der Waals surface area contributed by atoms with Crippen LogP contribution in [0.3, 0.4) is 0 Å². The van der Waals surface area contributed by atoms with Crippen molar-refractivity contribution in [3.8, 4) is 0 Å². The maximum Gasteiger partial charge on any atom is 0.240 e. The standard InChI is InChI=1S/C17H17BrN2O3S2/c1-11-7-17(21)20-15-9-14(5-6-16(15)24-11)25(22,23)19-10-12-3-2-4-13(18)8-12/h2-6,8-9,11,19H,7,10H2,1H3,(H,20,21). The number of carbonyl (C=O) groups is 1. The normalized spacial score (nSPS) is 17.5. The van der Waals surface area contributed by atoms with Gasteiger partial charge < -0.3 is 5.32 Å². The van der Waals surface area contributed by atoms with E-state index in [1.54, 1.807) is 23.9 Å². The number of hydrogen-bond donors (Lipinski definition) is 2. The smallest absolute Gasteiger partial charge is 0.240 e. The van der Waals surface area contributed by atoms with Crippen molar-refractivity contribution in [1.29, 1.82) is 0 Å². The van der Waals surface area contributed by atoms with Gasteiger partial charge in [-0.3, -0.25) is 4.79 Å². The maximum atomic E-state index is 12.6. The summed E-state index contributed by atoms with van der Waals surface area (Å²) in [4.78, 5) is 12.9. The minimum Gasteiger partial charge on any atom is -0.325 e. The fraction of sp³-hybridized carbons (Fsp3) is 0.235. The molecule has 1 atom stereocenters. The molecule has 0 saturated carbocycles. The molecule has 3 rings (SSSR count). The van der Waals surface area contributed by atoms with Crippen LogP contribution in [0.4, 0.5) is 5.69 Å². The van der Waals surface area contributed by atoms with Gasteiger partial charge in [-0.25, -0.2) is 13.1 Å². The van der Waals surface area contributed by atoms with Crippen LogP contribution in [-0.2, 0) is 21.4 Å². The second-order valence-corrected chi connectivity index (χ2v) is 9.96. The van der Waals surface area contributed by atoms with Crippen molar-refractivity contribution in [3.05, 3.63) is 52.5 Å². The Balaban J connectivity index is 1.82. The van der Waals surface area contributed by atoms with E-state index in [4.69, 9.17) is 0 Å². The van der Waals surface area contributed by atoms with Gasteiger partial charge in [-0.05, 0) is 35.9 Å². The van der Waals surface area contributed by atoms with E-state index < -0.39 is 10.0 Å². The first-order valence-corrected chi connectivity index (χ1v) is 10.8. The Morgan fingerprint density at radius 1 is 1.28 bits per heavy atom. The molecule has 0 fully saturated rings. The Bertz CT molecular complexity index is 916. The van der Waals surface area contributed by atoms with Crippen molar-refractivity contribution >= 4 is 49.3 Å². The first-order valence-electron chi connectivity index (χ1n) is 7.68. The minimum absolute atomic E-state index is 0.101. The SMILES string of the molecule is CC1CC(=O)Nc2cc(S(=O)(=O)NCc3cccc(Br)c3)ccc2S1. The molecule has 132 valence electrons. The molecule has 2 aromatic rings. The topological polar surface area (TPSA) is 75.3 Å². The van der Waals surface area contributed by atoms with Crippen molar-refractivity contribution in [2.24, 2.45) is 0 Å². The molecule has 2 aromatic carbocycles. The Kier molecular flexibility index (Phi) is 5.52. The molecule has 2 N–H and O–H groups in total. The van der Waals surface area contributed by atoms with Crippen LogP contribution in [0.1, 0.15) is 18.9 Å². The lowest BCUT2D eigenvalue weighted by Crippen LogP contribution is -2.23. The van der Waals surface area contributed by atoms with Crippen LogP contribution in [0.2, 0.25) is 0 Å². The number of rotatable bonds is 4. The van der Waals surface area contributed by atoms with Crippen LogP contribution in [0.5, 0.6) is 0 Å². The second-order valence-electron chi connectivity index (χ2n) is 5.79. The van der Waals surface area contributed by atoms with Crippen LogP contribution in [0.25, 0.3) is 0 Å². The number of carbonyl (C=O) groups excluding carboxylic acids is 1. The molecule has 0 spiro atoms. The van der Waals surface area contributed by atoms with Gasteiger partial charge in [0.1, 0.15) is 0 Å². The zero-order valence-corrected chi connectivity index (χ0v) is 16.7. The quantitative estimate of drug-likeness (QED) is 0.758. The average molecular weight is 441 g/mol. The lowest BCUT2D eigenvalue weighted by molar-refractivity contribution is -0.116. The number of fused-ring (bicyclic) bond motifs is 1. The van der Waals surface area contributed by atoms with E-state index in [9.17, 15) is 13.2 Å². The number of amides is 1. The van der Waals surface area contributed by atoms with Gasteiger partial charge >= 0.3 is 0 Å². The average Bonchev–Trinajstić information content (AvgIpc) is 2.68. The summed E-state index contributed by atoms with van der Waals surface area (Å²) >= 11 is 4.93. The molecule has 0 bridgehead atoms. The zero-order chi connectivity index (χ0) is 18.0. The van der Waals surface area contributed by atoms with E-state index in [-0.39, 0.29) is 22.6 Å². The van der Waals surface area contributed by atoms with Gasteiger partial charge in [0.25, 0.3) is 0 Å². The van der Waals surface area contributed by atoms with Gasteiger partial charge in [-0.2, -0.15) is 0 Å². The fourth-order valence-corrected chi connectivity index (χ4v) is 5.05. The Hall–Kier alpha value is -1.35. The van der Waals surface area contributed by atoms with Crippen LogP contribution in [-0.4, -0.2) is 19.6 Å². The molecular weight excluding hydrogens is 424 g/mol. The van der Waals surface area contributed by atoms with E-state index in [2.05, 4.69) is 26.0 Å². The molecule has 0 aromatic heterocycles. The minimum atomic E-state index is -3.67. The Labute approximate surface area is 159 Å². The van der Waals surface area contributed by atoms with E-state index in [1.807, 2.05) is 31.2 Å². The fourth-order valence-electron chi connectivity index (χ4n) is 2.51. The first kappa shape index (κ1) is 18.4. The van der Waals surface area contributed by atoms with Crippen molar-refractivity contribution in [1.82, 2.24) is 4.72 Å². The van der Waals surface area contributed by atoms with Gasteiger partial charge in [-0.1, -0.05) is 35.0 Å². The Morgan fingerprint density at radius 3 is 2.84 bits per heavy atom. The molecule has 1 amide bonds. The number of sulfonamides is 1. The molecule has 1 heterocycles. The lowest BCUT2D eigenvalue weighted by Gasteiger charge is -2.11. The van der Waals surface area contributed by atoms with Crippen LogP contribution in [0, 0.1) is 0 Å². The van der Waals surface area contributed by atoms with Crippen LogP contribution < -0.4 is 10.0 Å². The zero-order valence-electron chi connectivity index (χ0n) is 13.5. The molecule has 0 saturated heterocycles. The van der Waals surface area contributed by atoms with Gasteiger partial charge in [0.15, 0.2) is 0 Å². The summed E-state index contributed by atoms with van der Waals surface area (Å²) in [6.45, 7) is 2.17. The van der Waals surface area contributed by atoms with E-state index in [0.29, 0.717) is 12.1 Å². The highest BCUT2D eigenvalue weighted by Gasteiger charge is 2.22. The van der Waals surface area contributed by atoms with Gasteiger partial charge in [0.05, 0.1) is 10.6 Å². The largest absolute Gasteiger partial charge is 0.325 e. The predicted molar refractivity (Wildman–Crippen MR) is 103 cm³/mol. The summed E-state index contributed by atoms with van der Waals surface area (Å²) < 4.78 is 28.6. The van der Waals surface area contributed by atoms with Gasteiger partial charge in [0, 0.05) is 27.6 Å². The van der Waals surface area contributed by atoms with Crippen molar-refractivity contribution in [3.63, 3.8) is 0 Å². The number of nitrogens with one attached hydrogen (secondary N) is 2. The summed E-state index contributed by atoms with van der Waals surface area (Å²) in [6, 6.07) is 12.3. The second kappa shape index (κ2) is 7.49. The molecule has 1 aliphatic rings. The van der Waals surface area contributed by atoms with Gasteiger partial charge in [0.2, 0.25) is 15.9 Å². The highest BCUT2D eigenvalue weighted by molar-refractivity contribution is 9.10.